The van der Waals surface area contributed by atoms with Gasteiger partial charge in [0.15, 0.2) is 0 Å². The Labute approximate surface area is 125 Å². The number of nitrogens with zero attached hydrogens (tertiary/aromatic N) is 1. The van der Waals surface area contributed by atoms with Gasteiger partial charge in [0.05, 0.1) is 19.3 Å². The maximum Gasteiger partial charge on any atom is 0.239 e. The van der Waals surface area contributed by atoms with Crippen molar-refractivity contribution in [2.24, 2.45) is 0 Å². The number of hydrogen-bond donors (Lipinski definition) is 1. The van der Waals surface area contributed by atoms with E-state index in [1.54, 1.807) is 0 Å². The molecule has 2 rings (SSSR count). The summed E-state index contributed by atoms with van der Waals surface area (Å²) in [5, 5.41) is 4.04. The quantitative estimate of drug-likeness (QED) is 0.926. The Balaban J connectivity index is 1.92. The first-order valence-corrected chi connectivity index (χ1v) is 7.34. The molecule has 1 fully saturated rings. The maximum absolute atomic E-state index is 12.3. The second-order valence-corrected chi connectivity index (χ2v) is 5.54. The van der Waals surface area contributed by atoms with Crippen molar-refractivity contribution >= 4 is 17.5 Å². The summed E-state index contributed by atoms with van der Waals surface area (Å²) in [4.78, 5) is 14.2. The van der Waals surface area contributed by atoms with Gasteiger partial charge in [0.25, 0.3) is 0 Å². The molecule has 1 aromatic rings. The molecule has 1 aromatic carbocycles. The summed E-state index contributed by atoms with van der Waals surface area (Å²) in [6.45, 7) is 6.55. The van der Waals surface area contributed by atoms with Gasteiger partial charge in [-0.2, -0.15) is 0 Å². The second-order valence-electron chi connectivity index (χ2n) is 5.10. The molecule has 110 valence electrons. The van der Waals surface area contributed by atoms with E-state index in [4.69, 9.17) is 16.3 Å². The molecule has 1 saturated heterocycles. The minimum absolute atomic E-state index is 0.0775. The molecule has 0 bridgehead atoms. The van der Waals surface area contributed by atoms with Gasteiger partial charge >= 0.3 is 0 Å². The Hall–Kier alpha value is -1.10. The number of ether oxygens (including phenoxy) is 1. The molecule has 1 unspecified atom stereocenters. The van der Waals surface area contributed by atoms with Gasteiger partial charge in [-0.25, -0.2) is 0 Å². The summed E-state index contributed by atoms with van der Waals surface area (Å²) in [7, 11) is 0. The molecule has 0 radical (unpaired) electrons. The summed E-state index contributed by atoms with van der Waals surface area (Å²) < 4.78 is 5.26. The highest BCUT2D eigenvalue weighted by Crippen LogP contribution is 2.18. The third-order valence-corrected chi connectivity index (χ3v) is 3.78. The van der Waals surface area contributed by atoms with Gasteiger partial charge in [-0.3, -0.25) is 10.1 Å². The minimum Gasteiger partial charge on any atom is -0.378 e. The van der Waals surface area contributed by atoms with Crippen molar-refractivity contribution < 1.29 is 9.53 Å². The first-order valence-electron chi connectivity index (χ1n) is 6.96. The lowest BCUT2D eigenvalue weighted by Crippen LogP contribution is -2.49. The van der Waals surface area contributed by atoms with E-state index in [1.807, 2.05) is 43.0 Å². The molecular weight excluding hydrogens is 276 g/mol. The van der Waals surface area contributed by atoms with Gasteiger partial charge < -0.3 is 9.64 Å². The van der Waals surface area contributed by atoms with Crippen LogP contribution in [0.2, 0.25) is 5.02 Å². The molecule has 5 heteroatoms. The Bertz CT molecular complexity index is 461. The molecule has 1 N–H and O–H groups in total. The predicted molar refractivity (Wildman–Crippen MR) is 79.9 cm³/mol. The van der Waals surface area contributed by atoms with Gasteiger partial charge in [0.1, 0.15) is 0 Å². The number of morpholine rings is 1. The van der Waals surface area contributed by atoms with Gasteiger partial charge in [-0.15, -0.1) is 0 Å². The van der Waals surface area contributed by atoms with E-state index in [0.717, 1.165) is 5.56 Å². The van der Waals surface area contributed by atoms with Crippen molar-refractivity contribution in [1.29, 1.82) is 0 Å². The number of nitrogens with one attached hydrogen (secondary N) is 1. The van der Waals surface area contributed by atoms with Gasteiger partial charge in [0, 0.05) is 24.2 Å². The number of carbonyl (C=O) groups excluding carboxylic acids is 1. The Kier molecular flexibility index (Phi) is 5.40. The normalized spacial score (nSPS) is 18.6. The lowest BCUT2D eigenvalue weighted by atomic mass is 10.1. The largest absolute Gasteiger partial charge is 0.378 e. The number of carbonyl (C=O) groups is 1. The van der Waals surface area contributed by atoms with Crippen LogP contribution in [0.3, 0.4) is 0 Å². The van der Waals surface area contributed by atoms with Crippen molar-refractivity contribution in [2.75, 3.05) is 26.3 Å². The molecule has 4 nitrogen and oxygen atoms in total. The van der Waals surface area contributed by atoms with Crippen LogP contribution in [-0.2, 0) is 9.53 Å². The topological polar surface area (TPSA) is 41.6 Å². The molecular formula is C15H21ClN2O2. The maximum atomic E-state index is 12.3. The summed E-state index contributed by atoms with van der Waals surface area (Å²) in [6.07, 6.45) is 0. The van der Waals surface area contributed by atoms with Crippen LogP contribution in [0.15, 0.2) is 24.3 Å². The fourth-order valence-corrected chi connectivity index (χ4v) is 2.57. The van der Waals surface area contributed by atoms with Gasteiger partial charge in [0.2, 0.25) is 5.91 Å². The molecule has 0 aliphatic carbocycles. The summed E-state index contributed by atoms with van der Waals surface area (Å²) in [6, 6.07) is 7.56. The second kappa shape index (κ2) is 7.07. The zero-order chi connectivity index (χ0) is 14.5. The average Bonchev–Trinajstić information content (AvgIpc) is 2.47. The molecule has 20 heavy (non-hydrogen) atoms. The van der Waals surface area contributed by atoms with Crippen LogP contribution in [0.25, 0.3) is 0 Å². The summed E-state index contributed by atoms with van der Waals surface area (Å²) in [5.74, 6) is 0.127. The Morgan fingerprint density at radius 1 is 1.35 bits per heavy atom. The van der Waals surface area contributed by atoms with Crippen LogP contribution in [0.1, 0.15) is 25.5 Å². The third-order valence-electron chi connectivity index (χ3n) is 3.54. The number of hydrogen-bond acceptors (Lipinski definition) is 3. The number of amides is 1. The molecule has 0 aromatic heterocycles. The predicted octanol–water partition coefficient (Wildman–Crippen LogP) is 2.24. The van der Waals surface area contributed by atoms with E-state index in [1.165, 1.54) is 0 Å². The van der Waals surface area contributed by atoms with E-state index in [0.29, 0.717) is 31.3 Å². The molecule has 2 atom stereocenters. The monoisotopic (exact) mass is 296 g/mol. The van der Waals surface area contributed by atoms with Crippen molar-refractivity contribution in [3.63, 3.8) is 0 Å². The van der Waals surface area contributed by atoms with Crippen LogP contribution in [0.4, 0.5) is 0 Å². The van der Waals surface area contributed by atoms with Crippen molar-refractivity contribution in [3.05, 3.63) is 34.9 Å². The van der Waals surface area contributed by atoms with Crippen LogP contribution < -0.4 is 5.32 Å². The van der Waals surface area contributed by atoms with Crippen molar-refractivity contribution in [1.82, 2.24) is 10.2 Å². The van der Waals surface area contributed by atoms with Gasteiger partial charge in [-0.1, -0.05) is 23.7 Å². The summed E-state index contributed by atoms with van der Waals surface area (Å²) >= 11 is 5.99. The number of halogens is 1. The first-order chi connectivity index (χ1) is 9.58. The SMILES string of the molecule is CC(N[C@@H](C)c1cccc(Cl)c1)C(=O)N1CCOCC1. The Morgan fingerprint density at radius 2 is 2.05 bits per heavy atom. The highest BCUT2D eigenvalue weighted by atomic mass is 35.5. The standard InChI is InChI=1S/C15H21ClN2O2/c1-11(13-4-3-5-14(16)10-13)17-12(2)15(19)18-6-8-20-9-7-18/h3-5,10-12,17H,6-9H2,1-2H3/t11-,12?/m0/s1. The number of benzene rings is 1. The van der Waals surface area contributed by atoms with Crippen LogP contribution in [-0.4, -0.2) is 43.2 Å². The molecule has 1 heterocycles. The third kappa shape index (κ3) is 3.95. The lowest BCUT2D eigenvalue weighted by molar-refractivity contribution is -0.137. The molecule has 0 saturated carbocycles. The fourth-order valence-electron chi connectivity index (χ4n) is 2.38. The molecule has 1 amide bonds. The smallest absolute Gasteiger partial charge is 0.239 e. The highest BCUT2D eigenvalue weighted by molar-refractivity contribution is 6.30. The zero-order valence-corrected chi connectivity index (χ0v) is 12.7. The lowest BCUT2D eigenvalue weighted by Gasteiger charge is -2.30. The van der Waals surface area contributed by atoms with Crippen LogP contribution in [0.5, 0.6) is 0 Å². The Morgan fingerprint density at radius 3 is 2.70 bits per heavy atom. The average molecular weight is 297 g/mol. The van der Waals surface area contributed by atoms with Crippen LogP contribution >= 0.6 is 11.6 Å². The zero-order valence-electron chi connectivity index (χ0n) is 11.9. The first kappa shape index (κ1) is 15.3. The van der Waals surface area contributed by atoms with Crippen molar-refractivity contribution in [2.45, 2.75) is 25.9 Å². The van der Waals surface area contributed by atoms with E-state index >= 15 is 0 Å². The van der Waals surface area contributed by atoms with E-state index in [9.17, 15) is 4.79 Å². The van der Waals surface area contributed by atoms with Crippen LogP contribution in [0, 0.1) is 0 Å². The summed E-state index contributed by atoms with van der Waals surface area (Å²) in [5.41, 5.74) is 1.08. The van der Waals surface area contributed by atoms with Gasteiger partial charge in [-0.05, 0) is 31.5 Å². The molecule has 1 aliphatic heterocycles. The highest BCUT2D eigenvalue weighted by Gasteiger charge is 2.23. The fraction of sp³-hybridized carbons (Fsp3) is 0.533. The molecule has 1 aliphatic rings. The number of rotatable bonds is 4. The van der Waals surface area contributed by atoms with E-state index in [-0.39, 0.29) is 18.0 Å². The minimum atomic E-state index is -0.220. The van der Waals surface area contributed by atoms with Crippen molar-refractivity contribution in [3.8, 4) is 0 Å². The molecule has 0 spiro atoms. The van der Waals surface area contributed by atoms with E-state index in [2.05, 4.69) is 5.32 Å². The van der Waals surface area contributed by atoms with E-state index < -0.39 is 0 Å².